The summed E-state index contributed by atoms with van der Waals surface area (Å²) in [5.41, 5.74) is 0.990. The van der Waals surface area contributed by atoms with E-state index in [1.165, 1.54) is 0 Å². The highest BCUT2D eigenvalue weighted by Gasteiger charge is 2.16. The molecule has 17 heavy (non-hydrogen) atoms. The van der Waals surface area contributed by atoms with E-state index < -0.39 is 4.92 Å². The second-order valence-electron chi connectivity index (χ2n) is 3.70. The van der Waals surface area contributed by atoms with Gasteiger partial charge in [0.1, 0.15) is 0 Å². The molecule has 0 bridgehead atoms. The van der Waals surface area contributed by atoms with Gasteiger partial charge in [-0.25, -0.2) is 0 Å². The third-order valence-corrected chi connectivity index (χ3v) is 3.39. The molecule has 1 aromatic carbocycles. The molecule has 5 heteroatoms. The summed E-state index contributed by atoms with van der Waals surface area (Å²) in [6, 6.07) is 5.14. The lowest BCUT2D eigenvalue weighted by Crippen LogP contribution is -2.03. The van der Waals surface area contributed by atoms with Crippen molar-refractivity contribution in [2.24, 2.45) is 0 Å². The van der Waals surface area contributed by atoms with Crippen LogP contribution in [0.15, 0.2) is 18.2 Å². The van der Waals surface area contributed by atoms with Crippen LogP contribution in [0.1, 0.15) is 25.8 Å². The summed E-state index contributed by atoms with van der Waals surface area (Å²) in [7, 11) is 0. The molecule has 1 unspecified atom stereocenters. The number of alkyl halides is 1. The smallest absolute Gasteiger partial charge is 0.311 e. The van der Waals surface area contributed by atoms with E-state index in [1.807, 2.05) is 13.0 Å². The Bertz CT molecular complexity index is 395. The molecule has 4 nitrogen and oxygen atoms in total. The summed E-state index contributed by atoms with van der Waals surface area (Å²) >= 11 is 3.52. The van der Waals surface area contributed by atoms with Gasteiger partial charge in [-0.1, -0.05) is 28.9 Å². The summed E-state index contributed by atoms with van der Waals surface area (Å²) in [6.07, 6.45) is 1.77. The Labute approximate surface area is 109 Å². The molecule has 0 saturated carbocycles. The zero-order chi connectivity index (χ0) is 12.8. The van der Waals surface area contributed by atoms with Gasteiger partial charge >= 0.3 is 5.69 Å². The van der Waals surface area contributed by atoms with Gasteiger partial charge in [-0.15, -0.1) is 0 Å². The number of rotatable bonds is 6. The van der Waals surface area contributed by atoms with Gasteiger partial charge in [0.25, 0.3) is 0 Å². The second-order valence-corrected chi connectivity index (χ2v) is 5.00. The molecule has 0 spiro atoms. The van der Waals surface area contributed by atoms with Crippen LogP contribution in [0.4, 0.5) is 5.69 Å². The Balaban J connectivity index is 2.97. The predicted octanol–water partition coefficient (Wildman–Crippen LogP) is 3.71. The monoisotopic (exact) mass is 301 g/mol. The van der Waals surface area contributed by atoms with E-state index in [9.17, 15) is 10.1 Å². The highest BCUT2D eigenvalue weighted by molar-refractivity contribution is 9.09. The van der Waals surface area contributed by atoms with Gasteiger partial charge in [0.15, 0.2) is 5.75 Å². The van der Waals surface area contributed by atoms with Crippen LogP contribution >= 0.6 is 15.9 Å². The summed E-state index contributed by atoms with van der Waals surface area (Å²) in [6.45, 7) is 4.31. The molecule has 0 radical (unpaired) electrons. The van der Waals surface area contributed by atoms with Crippen molar-refractivity contribution in [2.45, 2.75) is 31.5 Å². The molecule has 0 aromatic heterocycles. The molecule has 1 aromatic rings. The van der Waals surface area contributed by atoms with Crippen molar-refractivity contribution in [3.63, 3.8) is 0 Å². The molecule has 1 rings (SSSR count). The summed E-state index contributed by atoms with van der Waals surface area (Å²) < 4.78 is 5.23. The first-order chi connectivity index (χ1) is 8.08. The molecule has 0 saturated heterocycles. The van der Waals surface area contributed by atoms with E-state index in [0.717, 1.165) is 18.4 Å². The van der Waals surface area contributed by atoms with Gasteiger partial charge in [-0.3, -0.25) is 10.1 Å². The third kappa shape index (κ3) is 4.00. The van der Waals surface area contributed by atoms with Crippen molar-refractivity contribution >= 4 is 21.6 Å². The van der Waals surface area contributed by atoms with Crippen LogP contribution in [0.3, 0.4) is 0 Å². The van der Waals surface area contributed by atoms with Crippen molar-refractivity contribution in [1.82, 2.24) is 0 Å². The third-order valence-electron chi connectivity index (χ3n) is 2.42. The lowest BCUT2D eigenvalue weighted by Gasteiger charge is -2.09. The highest BCUT2D eigenvalue weighted by atomic mass is 79.9. The largest absolute Gasteiger partial charge is 0.487 e. The van der Waals surface area contributed by atoms with Gasteiger partial charge in [-0.05, 0) is 31.4 Å². The summed E-state index contributed by atoms with van der Waals surface area (Å²) in [4.78, 5) is 10.9. The number of nitro benzene ring substituents is 1. The lowest BCUT2D eigenvalue weighted by atomic mass is 10.1. The van der Waals surface area contributed by atoms with Crippen molar-refractivity contribution in [2.75, 3.05) is 6.61 Å². The zero-order valence-electron chi connectivity index (χ0n) is 9.98. The van der Waals surface area contributed by atoms with Crippen molar-refractivity contribution in [3.8, 4) is 5.75 Å². The second kappa shape index (κ2) is 6.59. The quantitative estimate of drug-likeness (QED) is 0.457. The van der Waals surface area contributed by atoms with Crippen LogP contribution in [0, 0.1) is 10.1 Å². The molecular weight excluding hydrogens is 286 g/mol. The molecule has 0 aliphatic carbocycles. The zero-order valence-corrected chi connectivity index (χ0v) is 11.6. The van der Waals surface area contributed by atoms with E-state index in [4.69, 9.17) is 4.74 Å². The van der Waals surface area contributed by atoms with Crippen LogP contribution < -0.4 is 4.74 Å². The molecule has 0 heterocycles. The molecule has 0 aliphatic heterocycles. The minimum atomic E-state index is -0.399. The highest BCUT2D eigenvalue weighted by Crippen LogP contribution is 2.29. The fourth-order valence-corrected chi connectivity index (χ4v) is 1.88. The Kier molecular flexibility index (Phi) is 5.41. The Hall–Kier alpha value is -1.10. The average Bonchev–Trinajstić information content (AvgIpc) is 2.31. The van der Waals surface area contributed by atoms with Crippen LogP contribution in [0.5, 0.6) is 5.75 Å². The summed E-state index contributed by atoms with van der Waals surface area (Å²) in [5, 5.41) is 10.9. The SMILES string of the molecule is CCOc1ccc(CC(Br)CC)cc1[N+](=O)[O-]. The topological polar surface area (TPSA) is 52.4 Å². The standard InChI is InChI=1S/C12H16BrNO3/c1-3-10(13)7-9-5-6-12(17-4-2)11(8-9)14(15)16/h5-6,8,10H,3-4,7H2,1-2H3. The minimum absolute atomic E-state index is 0.0418. The Morgan fingerprint density at radius 2 is 2.18 bits per heavy atom. The first-order valence-corrected chi connectivity index (χ1v) is 6.54. The lowest BCUT2D eigenvalue weighted by molar-refractivity contribution is -0.385. The van der Waals surface area contributed by atoms with E-state index >= 15 is 0 Å². The minimum Gasteiger partial charge on any atom is -0.487 e. The van der Waals surface area contributed by atoms with Crippen LogP contribution in [0.25, 0.3) is 0 Å². The number of benzene rings is 1. The Morgan fingerprint density at radius 1 is 1.47 bits per heavy atom. The normalized spacial score (nSPS) is 12.2. The van der Waals surface area contributed by atoms with Gasteiger partial charge < -0.3 is 4.74 Å². The number of ether oxygens (including phenoxy) is 1. The van der Waals surface area contributed by atoms with Gasteiger partial charge in [-0.2, -0.15) is 0 Å². The maximum Gasteiger partial charge on any atom is 0.311 e. The fraction of sp³-hybridized carbons (Fsp3) is 0.500. The van der Waals surface area contributed by atoms with Crippen LogP contribution in [0.2, 0.25) is 0 Å². The first kappa shape index (κ1) is 14.0. The van der Waals surface area contributed by atoms with E-state index in [2.05, 4.69) is 22.9 Å². The summed E-state index contributed by atoms with van der Waals surface area (Å²) in [5.74, 6) is 0.337. The molecule has 0 amide bonds. The van der Waals surface area contributed by atoms with Crippen LogP contribution in [-0.2, 0) is 6.42 Å². The molecule has 0 fully saturated rings. The van der Waals surface area contributed by atoms with E-state index in [1.54, 1.807) is 12.1 Å². The molecule has 1 atom stereocenters. The van der Waals surface area contributed by atoms with Crippen LogP contribution in [-0.4, -0.2) is 16.4 Å². The average molecular weight is 302 g/mol. The first-order valence-electron chi connectivity index (χ1n) is 5.62. The molecular formula is C12H16BrNO3. The Morgan fingerprint density at radius 3 is 2.71 bits per heavy atom. The number of hydrogen-bond donors (Lipinski definition) is 0. The van der Waals surface area contributed by atoms with Crippen molar-refractivity contribution in [3.05, 3.63) is 33.9 Å². The molecule has 0 aliphatic rings. The number of halogens is 1. The number of hydrogen-bond acceptors (Lipinski definition) is 3. The molecule has 94 valence electrons. The molecule has 0 N–H and O–H groups in total. The van der Waals surface area contributed by atoms with E-state index in [-0.39, 0.29) is 5.69 Å². The maximum atomic E-state index is 10.9. The van der Waals surface area contributed by atoms with Crippen molar-refractivity contribution in [1.29, 1.82) is 0 Å². The maximum absolute atomic E-state index is 10.9. The number of nitro groups is 1. The van der Waals surface area contributed by atoms with Gasteiger partial charge in [0.05, 0.1) is 11.5 Å². The van der Waals surface area contributed by atoms with E-state index in [0.29, 0.717) is 17.2 Å². The number of nitrogens with zero attached hydrogens (tertiary/aromatic N) is 1. The van der Waals surface area contributed by atoms with Crippen molar-refractivity contribution < 1.29 is 9.66 Å². The fourth-order valence-electron chi connectivity index (χ4n) is 1.51. The van der Waals surface area contributed by atoms with Gasteiger partial charge in [0, 0.05) is 10.9 Å². The van der Waals surface area contributed by atoms with Gasteiger partial charge in [0.2, 0.25) is 0 Å². The predicted molar refractivity (Wildman–Crippen MR) is 71.0 cm³/mol.